The number of aromatic nitrogens is 2. The van der Waals surface area contributed by atoms with Crippen molar-refractivity contribution in [3.8, 4) is 44.5 Å². The molecule has 0 saturated carbocycles. The first-order valence-electron chi connectivity index (χ1n) is 15.7. The molecule has 0 aliphatic carbocycles. The van der Waals surface area contributed by atoms with Crippen LogP contribution < -0.4 is 0 Å². The molecule has 0 fully saturated rings. The molecule has 2 nitrogen and oxygen atoms in total. The summed E-state index contributed by atoms with van der Waals surface area (Å²) in [6, 6.07) is 56.8. The zero-order valence-corrected chi connectivity index (χ0v) is 25.1. The highest BCUT2D eigenvalue weighted by atomic mass is 14.7. The Morgan fingerprint density at radius 1 is 0.304 bits per heavy atom. The van der Waals surface area contributed by atoms with Gasteiger partial charge in [-0.1, -0.05) is 127 Å². The van der Waals surface area contributed by atoms with Crippen molar-refractivity contribution in [1.82, 2.24) is 9.97 Å². The van der Waals surface area contributed by atoms with Crippen molar-refractivity contribution in [2.24, 2.45) is 0 Å². The van der Waals surface area contributed by atoms with E-state index in [1.165, 1.54) is 54.9 Å². The van der Waals surface area contributed by atoms with Gasteiger partial charge in [0.05, 0.1) is 11.0 Å². The largest absolute Gasteiger partial charge is 0.254 e. The monoisotopic (exact) mass is 584 g/mol. The topological polar surface area (TPSA) is 25.8 Å². The first-order valence-corrected chi connectivity index (χ1v) is 15.7. The molecule has 0 unspecified atom stereocenters. The van der Waals surface area contributed by atoms with Gasteiger partial charge in [-0.15, -0.1) is 0 Å². The molecule has 0 amide bonds. The quantitative estimate of drug-likeness (QED) is 0.152. The zero-order chi connectivity index (χ0) is 30.5. The second kappa shape index (κ2) is 10.8. The maximum Gasteiger partial charge on any atom is 0.0970 e. The average molecular weight is 585 g/mol. The van der Waals surface area contributed by atoms with Crippen molar-refractivity contribution >= 4 is 43.4 Å². The molecule has 9 aromatic rings. The van der Waals surface area contributed by atoms with Crippen molar-refractivity contribution in [2.45, 2.75) is 0 Å². The maximum atomic E-state index is 4.79. The molecular weight excluding hydrogens is 556 g/mol. The molecule has 0 aliphatic heterocycles. The second-order valence-electron chi connectivity index (χ2n) is 11.8. The minimum Gasteiger partial charge on any atom is -0.254 e. The van der Waals surface area contributed by atoms with Gasteiger partial charge in [-0.3, -0.25) is 9.97 Å². The zero-order valence-electron chi connectivity index (χ0n) is 25.1. The molecule has 0 bridgehead atoms. The second-order valence-corrected chi connectivity index (χ2v) is 11.8. The number of benzene rings is 7. The number of rotatable bonds is 4. The Bertz CT molecular complexity index is 2560. The lowest BCUT2D eigenvalue weighted by Gasteiger charge is -2.20. The average Bonchev–Trinajstić information content (AvgIpc) is 3.14. The highest BCUT2D eigenvalue weighted by molar-refractivity contribution is 6.23. The Labute approximate surface area is 267 Å². The summed E-state index contributed by atoms with van der Waals surface area (Å²) in [6.07, 6.45) is 3.70. The standard InChI is InChI=1S/C44H28N2/c1-4-12-29(13-5-1)32-20-22-35-39(26-32)41(30-14-6-2-7-15-30)36-23-21-33(27-40(36)42(35)31-16-8-3-9-17-31)38-28-34-18-10-24-45-43(34)44-37(38)19-11-25-46-44/h1-28H. The normalized spacial score (nSPS) is 11.5. The van der Waals surface area contributed by atoms with Gasteiger partial charge in [-0.25, -0.2) is 0 Å². The smallest absolute Gasteiger partial charge is 0.0970 e. The molecule has 9 rings (SSSR count). The third kappa shape index (κ3) is 4.27. The fourth-order valence-electron chi connectivity index (χ4n) is 7.05. The van der Waals surface area contributed by atoms with Gasteiger partial charge in [-0.2, -0.15) is 0 Å². The molecule has 0 saturated heterocycles. The van der Waals surface area contributed by atoms with E-state index < -0.39 is 0 Å². The first-order chi connectivity index (χ1) is 22.8. The van der Waals surface area contributed by atoms with Crippen LogP contribution in [0.5, 0.6) is 0 Å². The van der Waals surface area contributed by atoms with Crippen LogP contribution in [0.15, 0.2) is 170 Å². The van der Waals surface area contributed by atoms with Crippen LogP contribution in [0.1, 0.15) is 0 Å². The van der Waals surface area contributed by atoms with E-state index in [1.807, 2.05) is 24.5 Å². The van der Waals surface area contributed by atoms with Crippen LogP contribution >= 0.6 is 0 Å². The van der Waals surface area contributed by atoms with Crippen LogP contribution in [0.3, 0.4) is 0 Å². The fourth-order valence-corrected chi connectivity index (χ4v) is 7.05. The Morgan fingerprint density at radius 3 is 1.46 bits per heavy atom. The van der Waals surface area contributed by atoms with Crippen LogP contribution in [0, 0.1) is 0 Å². The van der Waals surface area contributed by atoms with Crippen molar-refractivity contribution in [3.63, 3.8) is 0 Å². The molecule has 2 aromatic heterocycles. The molecule has 0 aliphatic rings. The van der Waals surface area contributed by atoms with Crippen LogP contribution in [0.4, 0.5) is 0 Å². The lowest BCUT2D eigenvalue weighted by molar-refractivity contribution is 1.37. The van der Waals surface area contributed by atoms with E-state index in [0.29, 0.717) is 0 Å². The summed E-state index contributed by atoms with van der Waals surface area (Å²) in [5.74, 6) is 0. The SMILES string of the molecule is c1ccc(-c2ccc3c(-c4ccccc4)c4cc(-c5cc6cccnc6c6ncccc56)ccc4c(-c4ccccc4)c3c2)cc1. The number of hydrogen-bond acceptors (Lipinski definition) is 2. The van der Waals surface area contributed by atoms with E-state index in [-0.39, 0.29) is 0 Å². The van der Waals surface area contributed by atoms with Gasteiger partial charge in [0.1, 0.15) is 0 Å². The summed E-state index contributed by atoms with van der Waals surface area (Å²) in [7, 11) is 0. The molecule has 7 aromatic carbocycles. The number of fused-ring (bicyclic) bond motifs is 5. The van der Waals surface area contributed by atoms with Gasteiger partial charge < -0.3 is 0 Å². The van der Waals surface area contributed by atoms with Crippen molar-refractivity contribution in [1.29, 1.82) is 0 Å². The highest BCUT2D eigenvalue weighted by Crippen LogP contribution is 2.46. The molecule has 0 radical (unpaired) electrons. The van der Waals surface area contributed by atoms with Crippen LogP contribution in [0.2, 0.25) is 0 Å². The first kappa shape index (κ1) is 26.3. The summed E-state index contributed by atoms with van der Waals surface area (Å²) < 4.78 is 0. The van der Waals surface area contributed by atoms with Crippen LogP contribution in [-0.2, 0) is 0 Å². The van der Waals surface area contributed by atoms with E-state index in [1.54, 1.807) is 0 Å². The Kier molecular flexibility index (Phi) is 6.17. The predicted molar refractivity (Wildman–Crippen MR) is 194 cm³/mol. The lowest BCUT2D eigenvalue weighted by atomic mass is 9.83. The van der Waals surface area contributed by atoms with Gasteiger partial charge in [0, 0.05) is 23.2 Å². The Morgan fingerprint density at radius 2 is 0.826 bits per heavy atom. The highest BCUT2D eigenvalue weighted by Gasteiger charge is 2.19. The van der Waals surface area contributed by atoms with Gasteiger partial charge in [0.25, 0.3) is 0 Å². The molecule has 0 spiro atoms. The van der Waals surface area contributed by atoms with Crippen molar-refractivity contribution in [3.05, 3.63) is 170 Å². The Balaban J connectivity index is 1.42. The van der Waals surface area contributed by atoms with E-state index in [9.17, 15) is 0 Å². The molecular formula is C44H28N2. The molecule has 0 N–H and O–H groups in total. The number of pyridine rings is 2. The van der Waals surface area contributed by atoms with Crippen molar-refractivity contribution in [2.75, 3.05) is 0 Å². The van der Waals surface area contributed by atoms with Gasteiger partial charge in [0.15, 0.2) is 0 Å². The third-order valence-electron chi connectivity index (χ3n) is 9.12. The summed E-state index contributed by atoms with van der Waals surface area (Å²) in [5.41, 5.74) is 11.5. The van der Waals surface area contributed by atoms with E-state index in [4.69, 9.17) is 9.97 Å². The lowest BCUT2D eigenvalue weighted by Crippen LogP contribution is -1.93. The van der Waals surface area contributed by atoms with Crippen LogP contribution in [-0.4, -0.2) is 9.97 Å². The minimum atomic E-state index is 0.927. The van der Waals surface area contributed by atoms with Crippen LogP contribution in [0.25, 0.3) is 87.9 Å². The molecule has 0 atom stereocenters. The van der Waals surface area contributed by atoms with Gasteiger partial charge in [0.2, 0.25) is 0 Å². The summed E-state index contributed by atoms with van der Waals surface area (Å²) in [4.78, 5) is 9.48. The van der Waals surface area contributed by atoms with E-state index in [0.717, 1.165) is 32.9 Å². The molecule has 2 heterocycles. The van der Waals surface area contributed by atoms with E-state index in [2.05, 4.69) is 146 Å². The number of hydrogen-bond donors (Lipinski definition) is 0. The summed E-state index contributed by atoms with van der Waals surface area (Å²) >= 11 is 0. The minimum absolute atomic E-state index is 0.927. The van der Waals surface area contributed by atoms with Gasteiger partial charge >= 0.3 is 0 Å². The van der Waals surface area contributed by atoms with Gasteiger partial charge in [-0.05, 0) is 96.4 Å². The fraction of sp³-hybridized carbons (Fsp3) is 0. The molecule has 2 heteroatoms. The van der Waals surface area contributed by atoms with Crippen molar-refractivity contribution < 1.29 is 0 Å². The predicted octanol–water partition coefficient (Wildman–Crippen LogP) is 11.8. The molecule has 46 heavy (non-hydrogen) atoms. The summed E-state index contributed by atoms with van der Waals surface area (Å²) in [6.45, 7) is 0. The maximum absolute atomic E-state index is 4.79. The van der Waals surface area contributed by atoms with E-state index >= 15 is 0 Å². The summed E-state index contributed by atoms with van der Waals surface area (Å²) in [5, 5.41) is 7.14. The molecule has 214 valence electrons. The third-order valence-corrected chi connectivity index (χ3v) is 9.12. The Hall–Kier alpha value is -6.12. The number of nitrogens with zero attached hydrogens (tertiary/aromatic N) is 2.